The van der Waals surface area contributed by atoms with E-state index >= 15 is 0 Å². The maximum atomic E-state index is 4.55. The van der Waals surface area contributed by atoms with Gasteiger partial charge in [-0.05, 0) is 30.7 Å². The summed E-state index contributed by atoms with van der Waals surface area (Å²) in [6.07, 6.45) is 5.70. The highest BCUT2D eigenvalue weighted by molar-refractivity contribution is 7.99. The number of pyridine rings is 1. The standard InChI is InChI=1S/C11H13N3S/c1-2-7-15-9(5-1)11-13-8-4-3-6-12-10(8)14-11/h3-4,6,9H,1-2,5,7H2,(H,12,13,14). The fourth-order valence-electron chi connectivity index (χ4n) is 1.97. The highest BCUT2D eigenvalue weighted by Gasteiger charge is 2.19. The van der Waals surface area contributed by atoms with Crippen molar-refractivity contribution in [3.8, 4) is 0 Å². The van der Waals surface area contributed by atoms with Crippen molar-refractivity contribution < 1.29 is 0 Å². The summed E-state index contributed by atoms with van der Waals surface area (Å²) in [5, 5.41) is 0.549. The van der Waals surface area contributed by atoms with Crippen LogP contribution in [0.4, 0.5) is 0 Å². The molecule has 1 aliphatic heterocycles. The van der Waals surface area contributed by atoms with Gasteiger partial charge in [0.05, 0.1) is 10.8 Å². The molecule has 1 aliphatic rings. The quantitative estimate of drug-likeness (QED) is 0.801. The van der Waals surface area contributed by atoms with Crippen LogP contribution in [0, 0.1) is 0 Å². The molecule has 1 atom stereocenters. The van der Waals surface area contributed by atoms with Crippen LogP contribution in [0.2, 0.25) is 0 Å². The maximum absolute atomic E-state index is 4.55. The van der Waals surface area contributed by atoms with Gasteiger partial charge in [-0.25, -0.2) is 9.97 Å². The predicted molar refractivity (Wildman–Crippen MR) is 62.9 cm³/mol. The van der Waals surface area contributed by atoms with Crippen LogP contribution in [-0.2, 0) is 0 Å². The van der Waals surface area contributed by atoms with Crippen LogP contribution >= 0.6 is 11.8 Å². The van der Waals surface area contributed by atoms with Gasteiger partial charge in [-0.15, -0.1) is 0 Å². The normalized spacial score (nSPS) is 22.0. The van der Waals surface area contributed by atoms with Gasteiger partial charge in [-0.2, -0.15) is 11.8 Å². The first-order valence-electron chi connectivity index (χ1n) is 5.36. The monoisotopic (exact) mass is 219 g/mol. The lowest BCUT2D eigenvalue weighted by molar-refractivity contribution is 0.668. The van der Waals surface area contributed by atoms with Crippen molar-refractivity contribution in [3.05, 3.63) is 24.2 Å². The van der Waals surface area contributed by atoms with Crippen molar-refractivity contribution in [1.82, 2.24) is 15.0 Å². The van der Waals surface area contributed by atoms with Crippen molar-refractivity contribution >= 4 is 22.9 Å². The van der Waals surface area contributed by atoms with E-state index in [9.17, 15) is 0 Å². The second-order valence-corrected chi connectivity index (χ2v) is 5.16. The molecule has 15 heavy (non-hydrogen) atoms. The van der Waals surface area contributed by atoms with Gasteiger partial charge in [0.15, 0.2) is 5.65 Å². The molecule has 1 unspecified atom stereocenters. The van der Waals surface area contributed by atoms with Crippen LogP contribution in [0.5, 0.6) is 0 Å². The molecule has 4 heteroatoms. The Hall–Kier alpha value is -1.03. The van der Waals surface area contributed by atoms with E-state index in [0.717, 1.165) is 17.0 Å². The smallest absolute Gasteiger partial charge is 0.177 e. The van der Waals surface area contributed by atoms with Crippen molar-refractivity contribution in [2.24, 2.45) is 0 Å². The van der Waals surface area contributed by atoms with Gasteiger partial charge in [0.2, 0.25) is 0 Å². The molecule has 2 aromatic rings. The SMILES string of the molecule is c1cnc2nc(C3CCCCS3)[nH]c2c1. The summed E-state index contributed by atoms with van der Waals surface area (Å²) in [6.45, 7) is 0. The van der Waals surface area contributed by atoms with Gasteiger partial charge in [0, 0.05) is 6.20 Å². The summed E-state index contributed by atoms with van der Waals surface area (Å²) >= 11 is 2.01. The summed E-state index contributed by atoms with van der Waals surface area (Å²) < 4.78 is 0. The topological polar surface area (TPSA) is 41.6 Å². The minimum Gasteiger partial charge on any atom is -0.340 e. The van der Waals surface area contributed by atoms with Gasteiger partial charge in [0.1, 0.15) is 5.82 Å². The minimum atomic E-state index is 0.549. The largest absolute Gasteiger partial charge is 0.340 e. The number of nitrogens with zero attached hydrogens (tertiary/aromatic N) is 2. The summed E-state index contributed by atoms with van der Waals surface area (Å²) in [5.74, 6) is 2.36. The number of H-pyrrole nitrogens is 1. The van der Waals surface area contributed by atoms with E-state index in [2.05, 4.69) is 15.0 Å². The molecule has 1 N–H and O–H groups in total. The first kappa shape index (κ1) is 9.21. The number of imidazole rings is 1. The fourth-order valence-corrected chi connectivity index (χ4v) is 3.23. The lowest BCUT2D eigenvalue weighted by Crippen LogP contribution is -2.03. The Morgan fingerprint density at radius 1 is 1.40 bits per heavy atom. The molecular weight excluding hydrogens is 206 g/mol. The summed E-state index contributed by atoms with van der Waals surface area (Å²) in [4.78, 5) is 12.2. The van der Waals surface area contributed by atoms with Crippen molar-refractivity contribution in [1.29, 1.82) is 0 Å². The molecule has 0 amide bonds. The average Bonchev–Trinajstić information content (AvgIpc) is 2.74. The van der Waals surface area contributed by atoms with Gasteiger partial charge in [-0.1, -0.05) is 6.42 Å². The van der Waals surface area contributed by atoms with Crippen LogP contribution in [-0.4, -0.2) is 20.7 Å². The molecule has 3 heterocycles. The first-order valence-corrected chi connectivity index (χ1v) is 6.40. The Kier molecular flexibility index (Phi) is 2.37. The Morgan fingerprint density at radius 2 is 2.40 bits per heavy atom. The van der Waals surface area contributed by atoms with E-state index in [0.29, 0.717) is 5.25 Å². The zero-order valence-corrected chi connectivity index (χ0v) is 9.26. The average molecular weight is 219 g/mol. The molecule has 2 aromatic heterocycles. The lowest BCUT2D eigenvalue weighted by Gasteiger charge is -2.18. The Bertz CT molecular complexity index is 427. The predicted octanol–water partition coefficient (Wildman–Crippen LogP) is 2.92. The van der Waals surface area contributed by atoms with Crippen LogP contribution in [0.25, 0.3) is 11.2 Å². The third-order valence-electron chi connectivity index (χ3n) is 2.76. The summed E-state index contributed by atoms with van der Waals surface area (Å²) in [6, 6.07) is 3.98. The van der Waals surface area contributed by atoms with Gasteiger partial charge in [0.25, 0.3) is 0 Å². The van der Waals surface area contributed by atoms with Crippen LogP contribution < -0.4 is 0 Å². The number of rotatable bonds is 1. The van der Waals surface area contributed by atoms with Crippen LogP contribution in [0.15, 0.2) is 18.3 Å². The van der Waals surface area contributed by atoms with E-state index in [-0.39, 0.29) is 0 Å². The molecule has 0 spiro atoms. The third kappa shape index (κ3) is 1.74. The number of aromatic amines is 1. The minimum absolute atomic E-state index is 0.549. The van der Waals surface area contributed by atoms with E-state index in [4.69, 9.17) is 0 Å². The number of thioether (sulfide) groups is 1. The number of hydrogen-bond acceptors (Lipinski definition) is 3. The highest BCUT2D eigenvalue weighted by atomic mass is 32.2. The van der Waals surface area contributed by atoms with Crippen LogP contribution in [0.1, 0.15) is 30.3 Å². The van der Waals surface area contributed by atoms with Gasteiger partial charge < -0.3 is 4.98 Å². The van der Waals surface area contributed by atoms with Crippen molar-refractivity contribution in [3.63, 3.8) is 0 Å². The molecule has 0 aliphatic carbocycles. The molecule has 1 saturated heterocycles. The molecule has 0 aromatic carbocycles. The molecule has 0 saturated carbocycles. The van der Waals surface area contributed by atoms with E-state index < -0.39 is 0 Å². The number of nitrogens with one attached hydrogen (secondary N) is 1. The second kappa shape index (κ2) is 3.85. The van der Waals surface area contributed by atoms with Gasteiger partial charge in [-0.3, -0.25) is 0 Å². The second-order valence-electron chi connectivity index (χ2n) is 3.85. The molecule has 78 valence electrons. The van der Waals surface area contributed by atoms with Crippen molar-refractivity contribution in [2.45, 2.75) is 24.5 Å². The molecule has 1 fully saturated rings. The molecule has 0 radical (unpaired) electrons. The molecular formula is C11H13N3S. The van der Waals surface area contributed by atoms with E-state index in [1.54, 1.807) is 6.20 Å². The Labute approximate surface area is 92.7 Å². The number of fused-ring (bicyclic) bond motifs is 1. The Balaban J connectivity index is 1.96. The zero-order valence-electron chi connectivity index (χ0n) is 8.44. The first-order chi connectivity index (χ1) is 7.43. The fraction of sp³-hybridized carbons (Fsp3) is 0.455. The number of hydrogen-bond donors (Lipinski definition) is 1. The van der Waals surface area contributed by atoms with Crippen LogP contribution in [0.3, 0.4) is 0 Å². The Morgan fingerprint density at radius 3 is 3.20 bits per heavy atom. The van der Waals surface area contributed by atoms with Gasteiger partial charge >= 0.3 is 0 Å². The third-order valence-corrected chi connectivity index (χ3v) is 4.15. The maximum Gasteiger partial charge on any atom is 0.177 e. The summed E-state index contributed by atoms with van der Waals surface area (Å²) in [5.41, 5.74) is 1.90. The number of aromatic nitrogens is 3. The summed E-state index contributed by atoms with van der Waals surface area (Å²) in [7, 11) is 0. The van der Waals surface area contributed by atoms with E-state index in [1.165, 1.54) is 25.0 Å². The lowest BCUT2D eigenvalue weighted by atomic mass is 10.2. The van der Waals surface area contributed by atoms with E-state index in [1.807, 2.05) is 23.9 Å². The molecule has 0 bridgehead atoms. The van der Waals surface area contributed by atoms with Crippen molar-refractivity contribution in [2.75, 3.05) is 5.75 Å². The molecule has 3 nitrogen and oxygen atoms in total. The highest BCUT2D eigenvalue weighted by Crippen LogP contribution is 2.37. The molecule has 3 rings (SSSR count). The zero-order chi connectivity index (χ0) is 10.1.